The molecule has 2 saturated carbocycles. The van der Waals surface area contributed by atoms with Gasteiger partial charge in [-0.1, -0.05) is 20.8 Å². The smallest absolute Gasteiger partial charge is 0.407 e. The van der Waals surface area contributed by atoms with Gasteiger partial charge in [0.2, 0.25) is 11.9 Å². The van der Waals surface area contributed by atoms with Gasteiger partial charge in [0.05, 0.1) is 17.4 Å². The first kappa shape index (κ1) is 23.0. The van der Waals surface area contributed by atoms with Gasteiger partial charge >= 0.3 is 24.0 Å². The van der Waals surface area contributed by atoms with Crippen LogP contribution in [-0.4, -0.2) is 94.4 Å². The van der Waals surface area contributed by atoms with Gasteiger partial charge < -0.3 is 44.3 Å². The number of esters is 3. The Morgan fingerprint density at radius 2 is 1.71 bits per heavy atom. The Hall–Kier alpha value is -2.48. The summed E-state index contributed by atoms with van der Waals surface area (Å²) in [4.78, 5) is 51.7. The van der Waals surface area contributed by atoms with Crippen LogP contribution in [0, 0.1) is 28.1 Å². The second-order valence-corrected chi connectivity index (χ2v) is 11.4. The SMILES string of the molecule is CNC(=O)O[C@H]1C2OC(=O)[C@@H](C)[C@]2(O)[C@]23O[C@@H]4OC(=O)[C@H](O)C45[C@H](C(C)(C)C)[C@@H](O)[C@@H](OC2=O)C153. The van der Waals surface area contributed by atoms with Crippen LogP contribution < -0.4 is 5.32 Å². The van der Waals surface area contributed by atoms with Crippen LogP contribution >= 0.6 is 0 Å². The summed E-state index contributed by atoms with van der Waals surface area (Å²) in [6.45, 7) is 6.59. The highest BCUT2D eigenvalue weighted by molar-refractivity contribution is 5.94. The molecule has 2 aliphatic carbocycles. The molecule has 6 rings (SSSR count). The monoisotopic (exact) mass is 497 g/mol. The molecule has 13 nitrogen and oxygen atoms in total. The second kappa shape index (κ2) is 6.07. The Morgan fingerprint density at radius 3 is 2.31 bits per heavy atom. The van der Waals surface area contributed by atoms with Crippen molar-refractivity contribution in [2.75, 3.05) is 7.05 Å². The summed E-state index contributed by atoms with van der Waals surface area (Å²) in [5, 5.41) is 37.6. The van der Waals surface area contributed by atoms with Gasteiger partial charge in [0.15, 0.2) is 23.9 Å². The number of aliphatic hydroxyl groups excluding tert-OH is 2. The van der Waals surface area contributed by atoms with E-state index in [0.29, 0.717) is 0 Å². The predicted octanol–water partition coefficient (Wildman–Crippen LogP) is -2.03. The van der Waals surface area contributed by atoms with Gasteiger partial charge in [-0.15, -0.1) is 0 Å². The van der Waals surface area contributed by atoms with Crippen LogP contribution in [0.3, 0.4) is 0 Å². The molecule has 0 bridgehead atoms. The molecule has 13 heteroatoms. The molecular formula is C22H27NO12. The third-order valence-electron chi connectivity index (χ3n) is 9.36. The van der Waals surface area contributed by atoms with E-state index in [4.69, 9.17) is 23.7 Å². The van der Waals surface area contributed by atoms with E-state index in [2.05, 4.69) is 5.32 Å². The molecule has 4 saturated heterocycles. The molecule has 6 aliphatic rings. The van der Waals surface area contributed by atoms with Crippen LogP contribution in [0.15, 0.2) is 0 Å². The van der Waals surface area contributed by atoms with E-state index in [1.807, 2.05) is 0 Å². The molecule has 0 radical (unpaired) electrons. The van der Waals surface area contributed by atoms with Crippen LogP contribution in [0.1, 0.15) is 27.7 Å². The quantitative estimate of drug-likeness (QED) is 0.230. The summed E-state index contributed by atoms with van der Waals surface area (Å²) in [6.07, 6.45) is -10.8. The van der Waals surface area contributed by atoms with Crippen molar-refractivity contribution in [3.8, 4) is 0 Å². The largest absolute Gasteiger partial charge is 0.456 e. The number of hydrogen-bond donors (Lipinski definition) is 4. The first-order valence-corrected chi connectivity index (χ1v) is 11.5. The van der Waals surface area contributed by atoms with Gasteiger partial charge in [0, 0.05) is 13.0 Å². The number of nitrogens with one attached hydrogen (secondary N) is 1. The summed E-state index contributed by atoms with van der Waals surface area (Å²) >= 11 is 0. The van der Waals surface area contributed by atoms with Gasteiger partial charge in [-0.3, -0.25) is 4.79 Å². The minimum absolute atomic E-state index is 0.849. The zero-order chi connectivity index (χ0) is 25.7. The highest BCUT2D eigenvalue weighted by atomic mass is 16.8. The van der Waals surface area contributed by atoms with Crippen molar-refractivity contribution in [1.82, 2.24) is 5.32 Å². The third kappa shape index (κ3) is 1.86. The number of aliphatic hydroxyl groups is 3. The summed E-state index contributed by atoms with van der Waals surface area (Å²) in [5.74, 6) is -5.44. The molecule has 0 aromatic heterocycles. The Kier molecular flexibility index (Phi) is 3.98. The van der Waals surface area contributed by atoms with Crippen LogP contribution in [0.25, 0.3) is 0 Å². The topological polar surface area (TPSA) is 187 Å². The van der Waals surface area contributed by atoms with Crippen LogP contribution in [0.5, 0.6) is 0 Å². The van der Waals surface area contributed by atoms with Crippen molar-refractivity contribution in [2.24, 2.45) is 28.1 Å². The fourth-order valence-electron chi connectivity index (χ4n) is 8.56. The lowest BCUT2D eigenvalue weighted by Crippen LogP contribution is -2.67. The van der Waals surface area contributed by atoms with E-state index < -0.39 is 100 Å². The van der Waals surface area contributed by atoms with E-state index in [1.165, 1.54) is 14.0 Å². The summed E-state index contributed by atoms with van der Waals surface area (Å²) < 4.78 is 28.4. The van der Waals surface area contributed by atoms with Gasteiger partial charge in [-0.2, -0.15) is 0 Å². The molecule has 0 aromatic carbocycles. The number of carbonyl (C=O) groups is 4. The molecular weight excluding hydrogens is 470 g/mol. The lowest BCUT2D eigenvalue weighted by atomic mass is 9.51. The number of ether oxygens (including phenoxy) is 5. The number of amides is 1. The second-order valence-electron chi connectivity index (χ2n) is 11.4. The lowest BCUT2D eigenvalue weighted by Gasteiger charge is -2.47. The van der Waals surface area contributed by atoms with E-state index in [1.54, 1.807) is 20.8 Å². The van der Waals surface area contributed by atoms with Gasteiger partial charge in [-0.05, 0) is 12.3 Å². The van der Waals surface area contributed by atoms with E-state index in [9.17, 15) is 34.5 Å². The van der Waals surface area contributed by atoms with Gasteiger partial charge in [0.1, 0.15) is 11.5 Å². The molecule has 35 heavy (non-hydrogen) atoms. The van der Waals surface area contributed by atoms with E-state index >= 15 is 0 Å². The van der Waals surface area contributed by atoms with E-state index in [-0.39, 0.29) is 0 Å². The Balaban J connectivity index is 1.75. The Bertz CT molecular complexity index is 1090. The first-order valence-electron chi connectivity index (χ1n) is 11.5. The molecule has 0 aromatic rings. The third-order valence-corrected chi connectivity index (χ3v) is 9.36. The fourth-order valence-corrected chi connectivity index (χ4v) is 8.56. The number of hydrogen-bond acceptors (Lipinski definition) is 12. The molecule has 2 spiro atoms. The van der Waals surface area contributed by atoms with Crippen molar-refractivity contribution in [3.63, 3.8) is 0 Å². The zero-order valence-corrected chi connectivity index (χ0v) is 19.6. The average Bonchev–Trinajstić information content (AvgIpc) is 3.46. The normalized spacial score (nSPS) is 55.0. The molecule has 4 heterocycles. The number of fused-ring (bicyclic) bond motifs is 1. The molecule has 1 amide bonds. The van der Waals surface area contributed by atoms with Crippen molar-refractivity contribution >= 4 is 24.0 Å². The lowest BCUT2D eigenvalue weighted by molar-refractivity contribution is -0.240. The highest BCUT2D eigenvalue weighted by Crippen LogP contribution is 2.84. The standard InChI is InChI=1S/C22H27NO12/c1-6-13(26)31-12-11(33-17(29)23-5)20-10-7(24)8(18(2,3)4)19(20)9(25)14(27)34-16(19)35-22(20,15(28)32-10)21(6,12)30/h6-12,16,24-25,30H,1-5H3,(H,23,29)/t6-,7-,8+,9+,10-,11+,12?,16+,19?,20?,21-,22+/m1/s1. The van der Waals surface area contributed by atoms with Crippen LogP contribution in [0.2, 0.25) is 0 Å². The average molecular weight is 497 g/mol. The molecule has 4 aliphatic heterocycles. The fraction of sp³-hybridized carbons (Fsp3) is 0.818. The molecule has 192 valence electrons. The molecule has 6 fully saturated rings. The summed E-state index contributed by atoms with van der Waals surface area (Å²) in [6, 6.07) is 0. The van der Waals surface area contributed by atoms with Crippen molar-refractivity contribution in [1.29, 1.82) is 0 Å². The minimum Gasteiger partial charge on any atom is -0.456 e. The number of alkyl carbamates (subject to hydrolysis) is 1. The Labute approximate surface area is 199 Å². The zero-order valence-electron chi connectivity index (χ0n) is 19.6. The molecule has 3 unspecified atom stereocenters. The number of carbonyl (C=O) groups excluding carboxylic acids is 4. The molecule has 4 N–H and O–H groups in total. The summed E-state index contributed by atoms with van der Waals surface area (Å²) in [5.41, 5.74) is -9.72. The van der Waals surface area contributed by atoms with Crippen molar-refractivity contribution < 1.29 is 58.2 Å². The van der Waals surface area contributed by atoms with Crippen molar-refractivity contribution in [2.45, 2.75) is 75.7 Å². The van der Waals surface area contributed by atoms with Crippen molar-refractivity contribution in [3.05, 3.63) is 0 Å². The Morgan fingerprint density at radius 1 is 1.06 bits per heavy atom. The minimum atomic E-state index is -2.47. The van der Waals surface area contributed by atoms with Crippen LogP contribution in [0.4, 0.5) is 4.79 Å². The van der Waals surface area contributed by atoms with Crippen LogP contribution in [-0.2, 0) is 38.1 Å². The summed E-state index contributed by atoms with van der Waals surface area (Å²) in [7, 11) is 1.28. The maximum atomic E-state index is 13.7. The maximum Gasteiger partial charge on any atom is 0.407 e. The van der Waals surface area contributed by atoms with E-state index in [0.717, 1.165) is 0 Å². The molecule has 12 atom stereocenters. The highest BCUT2D eigenvalue weighted by Gasteiger charge is 3.06. The number of rotatable bonds is 1. The van der Waals surface area contributed by atoms with Gasteiger partial charge in [-0.25, -0.2) is 14.4 Å². The predicted molar refractivity (Wildman–Crippen MR) is 107 cm³/mol. The first-order chi connectivity index (χ1) is 16.2. The maximum absolute atomic E-state index is 13.7. The van der Waals surface area contributed by atoms with Gasteiger partial charge in [0.25, 0.3) is 0 Å².